The van der Waals surface area contributed by atoms with Gasteiger partial charge in [0.15, 0.2) is 0 Å². The van der Waals surface area contributed by atoms with Gasteiger partial charge in [-0.25, -0.2) is 9.97 Å². The summed E-state index contributed by atoms with van der Waals surface area (Å²) in [5, 5.41) is 0.651. The number of aryl methyl sites for hydroxylation is 1. The van der Waals surface area contributed by atoms with Crippen LogP contribution in [0.4, 0.5) is 0 Å². The van der Waals surface area contributed by atoms with E-state index in [1.165, 1.54) is 11.3 Å². The van der Waals surface area contributed by atoms with Gasteiger partial charge in [-0.2, -0.15) is 0 Å². The number of hydrogen-bond acceptors (Lipinski definition) is 4. The van der Waals surface area contributed by atoms with Crippen molar-refractivity contribution in [2.45, 2.75) is 13.8 Å². The van der Waals surface area contributed by atoms with Crippen molar-refractivity contribution in [3.63, 3.8) is 0 Å². The molecule has 0 amide bonds. The fourth-order valence-electron chi connectivity index (χ4n) is 3.07. The van der Waals surface area contributed by atoms with Gasteiger partial charge >= 0.3 is 0 Å². The monoisotopic (exact) mass is 422 g/mol. The molecule has 4 aromatic rings. The third-order valence-corrected chi connectivity index (χ3v) is 6.13. The van der Waals surface area contributed by atoms with Crippen molar-refractivity contribution in [1.29, 1.82) is 0 Å². The second kappa shape index (κ2) is 7.81. The Morgan fingerprint density at radius 3 is 2.72 bits per heavy atom. The average Bonchev–Trinajstić information content (AvgIpc) is 3.31. The van der Waals surface area contributed by atoms with E-state index < -0.39 is 0 Å². The SMILES string of the molecule is C\C=C/C(Cl)=C\C=C(/C)c1cc2ncn(-c3ccc4c(c3)ncn4C)c(=O)c2s1. The number of imidazole rings is 1. The van der Waals surface area contributed by atoms with Crippen molar-refractivity contribution in [1.82, 2.24) is 19.1 Å². The van der Waals surface area contributed by atoms with Gasteiger partial charge in [0.1, 0.15) is 11.0 Å². The van der Waals surface area contributed by atoms with E-state index in [-0.39, 0.29) is 5.56 Å². The number of nitrogens with zero attached hydrogens (tertiary/aromatic N) is 4. The lowest BCUT2D eigenvalue weighted by molar-refractivity contribution is 0.946. The van der Waals surface area contributed by atoms with Gasteiger partial charge in [-0.05, 0) is 55.8 Å². The predicted molar refractivity (Wildman–Crippen MR) is 122 cm³/mol. The van der Waals surface area contributed by atoms with E-state index in [1.807, 2.05) is 74.0 Å². The zero-order valence-corrected chi connectivity index (χ0v) is 17.8. The Balaban J connectivity index is 1.77. The van der Waals surface area contributed by atoms with E-state index in [0.717, 1.165) is 27.2 Å². The third kappa shape index (κ3) is 3.69. The van der Waals surface area contributed by atoms with Crippen LogP contribution >= 0.6 is 22.9 Å². The summed E-state index contributed by atoms with van der Waals surface area (Å²) in [5.74, 6) is 0. The lowest BCUT2D eigenvalue weighted by Gasteiger charge is -2.05. The second-order valence-electron chi connectivity index (χ2n) is 6.67. The van der Waals surface area contributed by atoms with Gasteiger partial charge in [0.2, 0.25) is 0 Å². The minimum atomic E-state index is -0.0863. The molecule has 0 saturated heterocycles. The fraction of sp³-hybridized carbons (Fsp3) is 0.136. The first-order chi connectivity index (χ1) is 14.0. The molecular formula is C22H19ClN4OS. The van der Waals surface area contributed by atoms with E-state index in [4.69, 9.17) is 11.6 Å². The van der Waals surface area contributed by atoms with Crippen LogP contribution in [-0.2, 0) is 7.05 Å². The van der Waals surface area contributed by atoms with Crippen molar-refractivity contribution in [3.8, 4) is 5.69 Å². The van der Waals surface area contributed by atoms with Gasteiger partial charge < -0.3 is 4.57 Å². The first kappa shape index (κ1) is 19.4. The lowest BCUT2D eigenvalue weighted by atomic mass is 10.2. The maximum absolute atomic E-state index is 13.1. The molecule has 29 heavy (non-hydrogen) atoms. The van der Waals surface area contributed by atoms with Crippen molar-refractivity contribution in [2.75, 3.05) is 0 Å². The summed E-state index contributed by atoms with van der Waals surface area (Å²) in [6.45, 7) is 3.91. The Morgan fingerprint density at radius 2 is 1.93 bits per heavy atom. The molecule has 0 aliphatic carbocycles. The largest absolute Gasteiger partial charge is 0.334 e. The first-order valence-electron chi connectivity index (χ1n) is 9.07. The number of halogens is 1. The molecule has 4 rings (SSSR count). The zero-order valence-electron chi connectivity index (χ0n) is 16.3. The van der Waals surface area contributed by atoms with Crippen molar-refractivity contribution in [2.24, 2.45) is 7.05 Å². The molecule has 0 unspecified atom stereocenters. The van der Waals surface area contributed by atoms with Crippen LogP contribution in [-0.4, -0.2) is 19.1 Å². The normalized spacial score (nSPS) is 13.2. The van der Waals surface area contributed by atoms with Crippen LogP contribution in [0.2, 0.25) is 0 Å². The maximum atomic E-state index is 13.1. The summed E-state index contributed by atoms with van der Waals surface area (Å²) in [7, 11) is 1.94. The summed E-state index contributed by atoms with van der Waals surface area (Å²) in [5.41, 5.74) is 4.24. The molecule has 0 aliphatic rings. The minimum absolute atomic E-state index is 0.0863. The van der Waals surface area contributed by atoms with Crippen LogP contribution in [0.25, 0.3) is 32.5 Å². The Kier molecular flexibility index (Phi) is 5.22. The molecule has 1 aromatic carbocycles. The molecule has 0 atom stereocenters. The topological polar surface area (TPSA) is 52.7 Å². The molecule has 0 N–H and O–H groups in total. The number of rotatable bonds is 4. The molecule has 0 spiro atoms. The van der Waals surface area contributed by atoms with Gasteiger partial charge in [0.25, 0.3) is 5.56 Å². The Bertz CT molecular complexity index is 1370. The van der Waals surface area contributed by atoms with Crippen LogP contribution in [0.3, 0.4) is 0 Å². The number of hydrogen-bond donors (Lipinski definition) is 0. The van der Waals surface area contributed by atoms with Gasteiger partial charge in [0, 0.05) is 17.0 Å². The highest BCUT2D eigenvalue weighted by Gasteiger charge is 2.12. The number of fused-ring (bicyclic) bond motifs is 2. The lowest BCUT2D eigenvalue weighted by Crippen LogP contribution is -2.17. The number of thiophene rings is 1. The van der Waals surface area contributed by atoms with E-state index in [0.29, 0.717) is 15.2 Å². The second-order valence-corrected chi connectivity index (χ2v) is 8.16. The van der Waals surface area contributed by atoms with Crippen molar-refractivity contribution in [3.05, 3.63) is 81.5 Å². The summed E-state index contributed by atoms with van der Waals surface area (Å²) >= 11 is 7.55. The third-order valence-electron chi connectivity index (χ3n) is 4.63. The highest BCUT2D eigenvalue weighted by molar-refractivity contribution is 7.19. The maximum Gasteiger partial charge on any atom is 0.275 e. The highest BCUT2D eigenvalue weighted by atomic mass is 35.5. The zero-order chi connectivity index (χ0) is 20.5. The molecule has 0 fully saturated rings. The molecule has 3 heterocycles. The summed E-state index contributed by atoms with van der Waals surface area (Å²) in [6, 6.07) is 7.71. The smallest absolute Gasteiger partial charge is 0.275 e. The van der Waals surface area contributed by atoms with Crippen LogP contribution in [0.1, 0.15) is 18.7 Å². The fourth-order valence-corrected chi connectivity index (χ4v) is 4.28. The molecule has 3 aromatic heterocycles. The molecular weight excluding hydrogens is 404 g/mol. The van der Waals surface area contributed by atoms with Crippen molar-refractivity contribution >= 4 is 49.8 Å². The summed E-state index contributed by atoms with van der Waals surface area (Å²) in [4.78, 5) is 23.0. The molecule has 0 aliphatic heterocycles. The molecule has 0 saturated carbocycles. The summed E-state index contributed by atoms with van der Waals surface area (Å²) in [6.07, 6.45) is 10.8. The number of aromatic nitrogens is 4. The Labute approximate surface area is 176 Å². The average molecular weight is 423 g/mol. The van der Waals surface area contributed by atoms with Crippen LogP contribution in [0.5, 0.6) is 0 Å². The van der Waals surface area contributed by atoms with E-state index in [9.17, 15) is 4.79 Å². The molecule has 0 bridgehead atoms. The van der Waals surface area contributed by atoms with Gasteiger partial charge in [-0.15, -0.1) is 11.3 Å². The quantitative estimate of drug-likeness (QED) is 0.412. The van der Waals surface area contributed by atoms with E-state index >= 15 is 0 Å². The van der Waals surface area contributed by atoms with E-state index in [2.05, 4.69) is 9.97 Å². The van der Waals surface area contributed by atoms with Crippen LogP contribution in [0.15, 0.2) is 71.1 Å². The predicted octanol–water partition coefficient (Wildman–Crippen LogP) is 5.44. The van der Waals surface area contributed by atoms with Crippen LogP contribution < -0.4 is 5.56 Å². The summed E-state index contributed by atoms with van der Waals surface area (Å²) < 4.78 is 4.14. The van der Waals surface area contributed by atoms with Gasteiger partial charge in [-0.1, -0.05) is 23.8 Å². The minimum Gasteiger partial charge on any atom is -0.334 e. The molecule has 7 heteroatoms. The Morgan fingerprint density at radius 1 is 1.14 bits per heavy atom. The number of allylic oxidation sites excluding steroid dienone is 6. The van der Waals surface area contributed by atoms with Gasteiger partial charge in [0.05, 0.1) is 28.6 Å². The van der Waals surface area contributed by atoms with Gasteiger partial charge in [-0.3, -0.25) is 9.36 Å². The molecule has 0 radical (unpaired) electrons. The first-order valence-corrected chi connectivity index (χ1v) is 10.3. The van der Waals surface area contributed by atoms with E-state index in [1.54, 1.807) is 17.2 Å². The standard InChI is InChI=1S/C22H19ClN4OS/c1-4-5-15(23)7-6-14(2)20-11-18-21(29-20)22(28)27(13-25-18)16-8-9-19-17(10-16)24-12-26(19)3/h4-13H,1-3H3/b5-4-,14-6+,15-7+. The highest BCUT2D eigenvalue weighted by Crippen LogP contribution is 2.28. The molecule has 5 nitrogen and oxygen atoms in total. The Hall–Kier alpha value is -2.96. The number of benzene rings is 1. The van der Waals surface area contributed by atoms with Crippen molar-refractivity contribution < 1.29 is 0 Å². The molecule has 146 valence electrons. The van der Waals surface area contributed by atoms with Crippen LogP contribution in [0, 0.1) is 0 Å².